The summed E-state index contributed by atoms with van der Waals surface area (Å²) in [5.74, 6) is 0.744. The van der Waals surface area contributed by atoms with Gasteiger partial charge in [0.2, 0.25) is 5.76 Å². The van der Waals surface area contributed by atoms with Crippen molar-refractivity contribution < 1.29 is 9.32 Å². The van der Waals surface area contributed by atoms with Crippen LogP contribution in [-0.4, -0.2) is 58.6 Å². The van der Waals surface area contributed by atoms with Crippen molar-refractivity contribution in [1.29, 1.82) is 0 Å². The van der Waals surface area contributed by atoms with Gasteiger partial charge in [-0.25, -0.2) is 0 Å². The molecule has 0 N–H and O–H groups in total. The number of hydrogen-bond acceptors (Lipinski definition) is 5. The van der Waals surface area contributed by atoms with E-state index in [-0.39, 0.29) is 17.7 Å². The van der Waals surface area contributed by atoms with Crippen molar-refractivity contribution in [3.05, 3.63) is 36.2 Å². The first kappa shape index (κ1) is 16.6. The van der Waals surface area contributed by atoms with E-state index in [1.165, 1.54) is 0 Å². The van der Waals surface area contributed by atoms with Gasteiger partial charge in [0.1, 0.15) is 5.69 Å². The number of rotatable bonds is 4. The van der Waals surface area contributed by atoms with Crippen LogP contribution in [0, 0.1) is 5.92 Å². The minimum absolute atomic E-state index is 0.0802. The molecule has 1 aliphatic rings. The van der Waals surface area contributed by atoms with Crippen LogP contribution in [-0.2, 0) is 0 Å². The Hall–Kier alpha value is -2.21. The second-order valence-corrected chi connectivity index (χ2v) is 6.84. The zero-order chi connectivity index (χ0) is 17.1. The minimum atomic E-state index is -0.0802. The average molecular weight is 328 g/mol. The monoisotopic (exact) mass is 328 g/mol. The van der Waals surface area contributed by atoms with Gasteiger partial charge >= 0.3 is 0 Å². The first-order chi connectivity index (χ1) is 11.5. The number of pyridine rings is 1. The third-order valence-corrected chi connectivity index (χ3v) is 4.34. The molecule has 0 aliphatic carbocycles. The SMILES string of the molecule is CC(C)CC1CN(C)CCN1C(=O)c1cc(-c2ccccn2)no1. The Labute approximate surface area is 142 Å². The summed E-state index contributed by atoms with van der Waals surface area (Å²) in [6.07, 6.45) is 2.68. The summed E-state index contributed by atoms with van der Waals surface area (Å²) in [5, 5.41) is 4.01. The fourth-order valence-corrected chi connectivity index (χ4v) is 3.18. The maximum Gasteiger partial charge on any atom is 0.292 e. The van der Waals surface area contributed by atoms with Crippen molar-refractivity contribution in [3.63, 3.8) is 0 Å². The smallest absolute Gasteiger partial charge is 0.292 e. The number of likely N-dealkylation sites (N-methyl/N-ethyl adjacent to an activating group) is 1. The fraction of sp³-hybridized carbons (Fsp3) is 0.500. The van der Waals surface area contributed by atoms with Gasteiger partial charge in [0.15, 0.2) is 0 Å². The maximum absolute atomic E-state index is 12.9. The summed E-state index contributed by atoms with van der Waals surface area (Å²) < 4.78 is 5.32. The second kappa shape index (κ2) is 7.13. The molecule has 1 atom stereocenters. The Morgan fingerprint density at radius 2 is 2.17 bits per heavy atom. The molecular weight excluding hydrogens is 304 g/mol. The summed E-state index contributed by atoms with van der Waals surface area (Å²) >= 11 is 0. The zero-order valence-electron chi connectivity index (χ0n) is 14.5. The highest BCUT2D eigenvalue weighted by Gasteiger charge is 2.32. The zero-order valence-corrected chi connectivity index (χ0v) is 14.5. The summed E-state index contributed by atoms with van der Waals surface area (Å²) in [5.41, 5.74) is 1.30. The number of nitrogens with zero attached hydrogens (tertiary/aromatic N) is 4. The van der Waals surface area contributed by atoms with Gasteiger partial charge in [-0.1, -0.05) is 25.1 Å². The highest BCUT2D eigenvalue weighted by Crippen LogP contribution is 2.22. The Kier molecular flexibility index (Phi) is 4.94. The molecule has 24 heavy (non-hydrogen) atoms. The van der Waals surface area contributed by atoms with Crippen LogP contribution in [0.2, 0.25) is 0 Å². The summed E-state index contributed by atoms with van der Waals surface area (Å²) in [6.45, 7) is 6.86. The van der Waals surface area contributed by atoms with Crippen molar-refractivity contribution in [2.75, 3.05) is 26.7 Å². The van der Waals surface area contributed by atoms with Gasteiger partial charge in [0.25, 0.3) is 5.91 Å². The Balaban J connectivity index is 1.78. The molecule has 0 aromatic carbocycles. The molecule has 0 saturated carbocycles. The second-order valence-electron chi connectivity index (χ2n) is 6.84. The lowest BCUT2D eigenvalue weighted by Gasteiger charge is -2.40. The van der Waals surface area contributed by atoms with Gasteiger partial charge in [0, 0.05) is 37.9 Å². The quantitative estimate of drug-likeness (QED) is 0.863. The maximum atomic E-state index is 12.9. The van der Waals surface area contributed by atoms with Crippen LogP contribution in [0.4, 0.5) is 0 Å². The van der Waals surface area contributed by atoms with Gasteiger partial charge in [-0.2, -0.15) is 0 Å². The molecule has 1 fully saturated rings. The van der Waals surface area contributed by atoms with Crippen molar-refractivity contribution in [1.82, 2.24) is 19.9 Å². The average Bonchev–Trinajstić information content (AvgIpc) is 3.05. The van der Waals surface area contributed by atoms with Gasteiger partial charge in [0.05, 0.1) is 5.69 Å². The van der Waals surface area contributed by atoms with Crippen molar-refractivity contribution in [2.45, 2.75) is 26.3 Å². The first-order valence-electron chi connectivity index (χ1n) is 8.42. The third-order valence-electron chi connectivity index (χ3n) is 4.34. The molecule has 3 heterocycles. The van der Waals surface area contributed by atoms with Crippen LogP contribution in [0.5, 0.6) is 0 Å². The third kappa shape index (κ3) is 3.64. The van der Waals surface area contributed by atoms with Crippen LogP contribution in [0.3, 0.4) is 0 Å². The molecule has 6 nitrogen and oxygen atoms in total. The first-order valence-corrected chi connectivity index (χ1v) is 8.42. The van der Waals surface area contributed by atoms with Crippen LogP contribution in [0.1, 0.15) is 30.8 Å². The number of hydrogen-bond donors (Lipinski definition) is 0. The molecule has 0 bridgehead atoms. The van der Waals surface area contributed by atoms with Gasteiger partial charge < -0.3 is 14.3 Å². The Morgan fingerprint density at radius 3 is 2.88 bits per heavy atom. The summed E-state index contributed by atoms with van der Waals surface area (Å²) in [6, 6.07) is 7.48. The van der Waals surface area contributed by atoms with E-state index >= 15 is 0 Å². The fourth-order valence-electron chi connectivity index (χ4n) is 3.18. The van der Waals surface area contributed by atoms with Crippen LogP contribution in [0.15, 0.2) is 35.0 Å². The van der Waals surface area contributed by atoms with E-state index in [2.05, 4.69) is 35.9 Å². The van der Waals surface area contributed by atoms with Gasteiger partial charge in [-0.05, 0) is 31.5 Å². The van der Waals surface area contributed by atoms with E-state index in [0.29, 0.717) is 23.9 Å². The lowest BCUT2D eigenvalue weighted by atomic mass is 10.00. The summed E-state index contributed by atoms with van der Waals surface area (Å²) in [7, 11) is 2.10. The number of carbonyl (C=O) groups excluding carboxylic acids is 1. The van der Waals surface area contributed by atoms with E-state index < -0.39 is 0 Å². The predicted octanol–water partition coefficient (Wildman–Crippen LogP) is 2.54. The summed E-state index contributed by atoms with van der Waals surface area (Å²) in [4.78, 5) is 21.3. The minimum Gasteiger partial charge on any atom is -0.350 e. The van der Waals surface area contributed by atoms with E-state index in [1.807, 2.05) is 23.1 Å². The molecule has 128 valence electrons. The Morgan fingerprint density at radius 1 is 1.33 bits per heavy atom. The number of carbonyl (C=O) groups is 1. The molecule has 2 aromatic heterocycles. The van der Waals surface area contributed by atoms with Gasteiger partial charge in [-0.3, -0.25) is 9.78 Å². The van der Waals surface area contributed by atoms with Crippen LogP contribution in [0.25, 0.3) is 11.4 Å². The molecule has 1 amide bonds. The highest BCUT2D eigenvalue weighted by molar-refractivity contribution is 5.92. The van der Waals surface area contributed by atoms with Gasteiger partial charge in [-0.15, -0.1) is 0 Å². The lowest BCUT2D eigenvalue weighted by Crippen LogP contribution is -2.54. The normalized spacial score (nSPS) is 19.0. The van der Waals surface area contributed by atoms with E-state index in [4.69, 9.17) is 4.52 Å². The van der Waals surface area contributed by atoms with Crippen molar-refractivity contribution in [2.24, 2.45) is 5.92 Å². The molecule has 0 radical (unpaired) electrons. The molecule has 3 rings (SSSR count). The topological polar surface area (TPSA) is 62.5 Å². The molecule has 1 saturated heterocycles. The van der Waals surface area contributed by atoms with E-state index in [1.54, 1.807) is 12.3 Å². The van der Waals surface area contributed by atoms with Crippen molar-refractivity contribution >= 4 is 5.91 Å². The Bertz CT molecular complexity index is 681. The lowest BCUT2D eigenvalue weighted by molar-refractivity contribution is 0.0422. The molecule has 1 unspecified atom stereocenters. The predicted molar refractivity (Wildman–Crippen MR) is 91.5 cm³/mol. The molecular formula is C18H24N4O2. The number of aromatic nitrogens is 2. The van der Waals surface area contributed by atoms with E-state index in [0.717, 1.165) is 19.5 Å². The van der Waals surface area contributed by atoms with Crippen molar-refractivity contribution in [3.8, 4) is 11.4 Å². The molecule has 2 aromatic rings. The molecule has 0 spiro atoms. The molecule has 1 aliphatic heterocycles. The standard InChI is InChI=1S/C18H24N4O2/c1-13(2)10-14-12-21(3)8-9-22(14)18(23)17-11-16(20-24-17)15-6-4-5-7-19-15/h4-7,11,13-14H,8-10,12H2,1-3H3. The largest absolute Gasteiger partial charge is 0.350 e. The van der Waals surface area contributed by atoms with E-state index in [9.17, 15) is 4.79 Å². The molecule has 6 heteroatoms. The number of amides is 1. The van der Waals surface area contributed by atoms with Crippen LogP contribution >= 0.6 is 0 Å². The number of piperazine rings is 1. The van der Waals surface area contributed by atoms with Crippen LogP contribution < -0.4 is 0 Å². The highest BCUT2D eigenvalue weighted by atomic mass is 16.5.